The number of likely N-dealkylation sites (N-methyl/N-ethyl adjacent to an activating group) is 1. The molecule has 0 aromatic carbocycles. The van der Waals surface area contributed by atoms with Crippen LogP contribution < -0.4 is 5.32 Å². The van der Waals surface area contributed by atoms with Crippen molar-refractivity contribution in [2.75, 3.05) is 20.1 Å². The summed E-state index contributed by atoms with van der Waals surface area (Å²) in [6.07, 6.45) is 6.54. The zero-order valence-electron chi connectivity index (χ0n) is 13.7. The second kappa shape index (κ2) is 10.4. The molecule has 20 heavy (non-hydrogen) atoms. The van der Waals surface area contributed by atoms with Crippen LogP contribution in [-0.2, 0) is 6.42 Å². The van der Waals surface area contributed by atoms with E-state index in [4.69, 9.17) is 0 Å². The van der Waals surface area contributed by atoms with Crippen molar-refractivity contribution in [2.24, 2.45) is 0 Å². The first-order valence-electron chi connectivity index (χ1n) is 8.05. The van der Waals surface area contributed by atoms with Crippen LogP contribution in [0, 0.1) is 0 Å². The fourth-order valence-electron chi connectivity index (χ4n) is 2.33. The van der Waals surface area contributed by atoms with E-state index in [-0.39, 0.29) is 0 Å². The van der Waals surface area contributed by atoms with Crippen molar-refractivity contribution >= 4 is 11.3 Å². The fourth-order valence-corrected chi connectivity index (χ4v) is 3.15. The Kier molecular flexibility index (Phi) is 9.16. The van der Waals surface area contributed by atoms with Gasteiger partial charge in [0.1, 0.15) is 0 Å². The van der Waals surface area contributed by atoms with Gasteiger partial charge < -0.3 is 10.2 Å². The molecule has 0 radical (unpaired) electrons. The van der Waals surface area contributed by atoms with Crippen LogP contribution >= 0.6 is 11.3 Å². The molecular weight excluding hydrogens is 264 g/mol. The predicted molar refractivity (Wildman–Crippen MR) is 91.7 cm³/mol. The quantitative estimate of drug-likeness (QED) is 0.617. The zero-order chi connectivity index (χ0) is 14.8. The van der Waals surface area contributed by atoms with E-state index in [1.165, 1.54) is 50.1 Å². The third kappa shape index (κ3) is 8.03. The summed E-state index contributed by atoms with van der Waals surface area (Å²) in [5.41, 5.74) is 0. The summed E-state index contributed by atoms with van der Waals surface area (Å²) >= 11 is 1.87. The van der Waals surface area contributed by atoms with E-state index in [9.17, 15) is 0 Å². The molecule has 0 aliphatic rings. The van der Waals surface area contributed by atoms with Gasteiger partial charge in [-0.1, -0.05) is 32.8 Å². The molecule has 1 aromatic rings. The van der Waals surface area contributed by atoms with Crippen molar-refractivity contribution in [3.63, 3.8) is 0 Å². The fraction of sp³-hybridized carbons (Fsp3) is 0.765. The highest BCUT2D eigenvalue weighted by molar-refractivity contribution is 7.09. The molecule has 0 aliphatic heterocycles. The normalized spacial score (nSPS) is 13.3. The van der Waals surface area contributed by atoms with Crippen LogP contribution in [0.4, 0.5) is 0 Å². The van der Waals surface area contributed by atoms with Gasteiger partial charge in [0.2, 0.25) is 0 Å². The largest absolute Gasteiger partial charge is 0.315 e. The third-order valence-corrected chi connectivity index (χ3v) is 4.72. The molecule has 0 spiro atoms. The molecular formula is C17H32N2S. The Balaban J connectivity index is 2.00. The molecule has 1 rings (SSSR count). The molecule has 3 heteroatoms. The van der Waals surface area contributed by atoms with Crippen LogP contribution in [0.15, 0.2) is 17.5 Å². The zero-order valence-corrected chi connectivity index (χ0v) is 14.5. The Hall–Kier alpha value is -0.380. The number of nitrogens with one attached hydrogen (secondary N) is 1. The number of nitrogens with zero attached hydrogens (tertiary/aromatic N) is 1. The molecule has 0 saturated heterocycles. The van der Waals surface area contributed by atoms with E-state index >= 15 is 0 Å². The SMILES string of the molecule is CC(C)NCCCCCCN(C)C(C)Cc1cccs1. The van der Waals surface area contributed by atoms with Gasteiger partial charge in [-0.25, -0.2) is 0 Å². The Morgan fingerprint density at radius 3 is 2.55 bits per heavy atom. The number of rotatable bonds is 11. The highest BCUT2D eigenvalue weighted by Gasteiger charge is 2.09. The smallest absolute Gasteiger partial charge is 0.0112 e. The minimum atomic E-state index is 0.624. The number of unbranched alkanes of at least 4 members (excludes halogenated alkanes) is 3. The summed E-state index contributed by atoms with van der Waals surface area (Å²) in [6, 6.07) is 5.67. The topological polar surface area (TPSA) is 15.3 Å². The first-order chi connectivity index (χ1) is 9.59. The van der Waals surface area contributed by atoms with Crippen LogP contribution in [0.25, 0.3) is 0 Å². The van der Waals surface area contributed by atoms with Crippen LogP contribution in [0.2, 0.25) is 0 Å². The van der Waals surface area contributed by atoms with Gasteiger partial charge in [-0.3, -0.25) is 0 Å². The second-order valence-corrected chi connectivity index (χ2v) is 7.17. The molecule has 1 unspecified atom stereocenters. The van der Waals surface area contributed by atoms with Crippen molar-refractivity contribution < 1.29 is 0 Å². The Labute approximate surface area is 129 Å². The van der Waals surface area contributed by atoms with Crippen molar-refractivity contribution in [1.82, 2.24) is 10.2 Å². The van der Waals surface area contributed by atoms with E-state index in [1.807, 2.05) is 11.3 Å². The number of hydrogen-bond donors (Lipinski definition) is 1. The van der Waals surface area contributed by atoms with Crippen LogP contribution in [0.1, 0.15) is 51.3 Å². The van der Waals surface area contributed by atoms with Crippen LogP contribution in [-0.4, -0.2) is 37.1 Å². The van der Waals surface area contributed by atoms with Gasteiger partial charge in [0.05, 0.1) is 0 Å². The third-order valence-electron chi connectivity index (χ3n) is 3.82. The van der Waals surface area contributed by atoms with Crippen molar-refractivity contribution in [2.45, 2.75) is 65.0 Å². The molecule has 0 saturated carbocycles. The molecule has 1 N–H and O–H groups in total. The monoisotopic (exact) mass is 296 g/mol. The van der Waals surface area contributed by atoms with Crippen molar-refractivity contribution in [3.05, 3.63) is 22.4 Å². The van der Waals surface area contributed by atoms with Gasteiger partial charge in [-0.05, 0) is 57.8 Å². The van der Waals surface area contributed by atoms with Gasteiger partial charge in [0.15, 0.2) is 0 Å². The Morgan fingerprint density at radius 2 is 1.90 bits per heavy atom. The molecule has 1 aromatic heterocycles. The molecule has 1 heterocycles. The standard InChI is InChI=1S/C17H32N2S/c1-15(2)18-11-7-5-6-8-12-19(4)16(3)14-17-10-9-13-20-17/h9-10,13,15-16,18H,5-8,11-12,14H2,1-4H3. The van der Waals surface area contributed by atoms with E-state index < -0.39 is 0 Å². The van der Waals surface area contributed by atoms with Gasteiger partial charge in [0, 0.05) is 17.0 Å². The molecule has 0 bridgehead atoms. The average Bonchev–Trinajstić information content (AvgIpc) is 2.89. The highest BCUT2D eigenvalue weighted by atomic mass is 32.1. The van der Waals surface area contributed by atoms with Gasteiger partial charge in [-0.2, -0.15) is 0 Å². The van der Waals surface area contributed by atoms with Crippen LogP contribution in [0.3, 0.4) is 0 Å². The van der Waals surface area contributed by atoms with E-state index in [1.54, 1.807) is 0 Å². The number of thiophene rings is 1. The van der Waals surface area contributed by atoms with Gasteiger partial charge in [0.25, 0.3) is 0 Å². The first-order valence-corrected chi connectivity index (χ1v) is 8.93. The lowest BCUT2D eigenvalue weighted by Gasteiger charge is -2.24. The van der Waals surface area contributed by atoms with Crippen molar-refractivity contribution in [3.8, 4) is 0 Å². The maximum Gasteiger partial charge on any atom is 0.0112 e. The highest BCUT2D eigenvalue weighted by Crippen LogP contribution is 2.14. The lowest BCUT2D eigenvalue weighted by Crippen LogP contribution is -2.31. The molecule has 116 valence electrons. The maximum absolute atomic E-state index is 3.48. The average molecular weight is 297 g/mol. The van der Waals surface area contributed by atoms with Gasteiger partial charge in [-0.15, -0.1) is 11.3 Å². The molecule has 2 nitrogen and oxygen atoms in total. The molecule has 0 amide bonds. The molecule has 0 fully saturated rings. The lowest BCUT2D eigenvalue weighted by molar-refractivity contribution is 0.251. The summed E-state index contributed by atoms with van der Waals surface area (Å²) < 4.78 is 0. The lowest BCUT2D eigenvalue weighted by atomic mass is 10.1. The summed E-state index contributed by atoms with van der Waals surface area (Å²) in [4.78, 5) is 4.01. The Morgan fingerprint density at radius 1 is 1.15 bits per heavy atom. The summed E-state index contributed by atoms with van der Waals surface area (Å²) in [5, 5.41) is 5.65. The number of hydrogen-bond acceptors (Lipinski definition) is 3. The minimum absolute atomic E-state index is 0.624. The summed E-state index contributed by atoms with van der Waals surface area (Å²) in [7, 11) is 2.26. The van der Waals surface area contributed by atoms with Crippen molar-refractivity contribution in [1.29, 1.82) is 0 Å². The second-order valence-electron chi connectivity index (χ2n) is 6.14. The van der Waals surface area contributed by atoms with E-state index in [0.29, 0.717) is 12.1 Å². The first kappa shape index (κ1) is 17.7. The summed E-state index contributed by atoms with van der Waals surface area (Å²) in [5.74, 6) is 0. The summed E-state index contributed by atoms with van der Waals surface area (Å²) in [6.45, 7) is 9.16. The molecule has 0 aliphatic carbocycles. The maximum atomic E-state index is 3.48. The predicted octanol–water partition coefficient (Wildman–Crippen LogP) is 4.17. The Bertz CT molecular complexity index is 322. The van der Waals surface area contributed by atoms with E-state index in [2.05, 4.69) is 55.5 Å². The molecule has 1 atom stereocenters. The minimum Gasteiger partial charge on any atom is -0.315 e. The van der Waals surface area contributed by atoms with Crippen LogP contribution in [0.5, 0.6) is 0 Å². The van der Waals surface area contributed by atoms with Gasteiger partial charge >= 0.3 is 0 Å². The van der Waals surface area contributed by atoms with E-state index in [0.717, 1.165) is 0 Å².